The molecule has 0 aliphatic carbocycles. The van der Waals surface area contributed by atoms with Crippen LogP contribution in [0.1, 0.15) is 12.4 Å². The number of aryl methyl sites for hydroxylation is 1. The normalized spacial score (nSPS) is 21.1. The fourth-order valence-electron chi connectivity index (χ4n) is 1.20. The highest BCUT2D eigenvalue weighted by Crippen LogP contribution is 2.32. The minimum absolute atomic E-state index is 0.0674. The maximum absolute atomic E-state index is 7.64. The van der Waals surface area contributed by atoms with Crippen LogP contribution in [0.3, 0.4) is 0 Å². The van der Waals surface area contributed by atoms with E-state index in [9.17, 15) is 0 Å². The zero-order valence-corrected chi connectivity index (χ0v) is 6.96. The Morgan fingerprint density at radius 1 is 1.54 bits per heavy atom. The van der Waals surface area contributed by atoms with Crippen LogP contribution in [0, 0.1) is 0 Å². The fraction of sp³-hybridized carbons (Fsp3) is 0.400. The summed E-state index contributed by atoms with van der Waals surface area (Å²) in [5.74, 6) is 1.17. The van der Waals surface area contributed by atoms with Gasteiger partial charge in [0.05, 0.1) is 0 Å². The van der Waals surface area contributed by atoms with Crippen molar-refractivity contribution in [2.45, 2.75) is 6.42 Å². The van der Waals surface area contributed by atoms with Crippen LogP contribution in [0.25, 0.3) is 0 Å². The monoisotopic (exact) mass is 184 g/mol. The molecule has 0 spiro atoms. The number of hydrogen-bond acceptors (Lipinski definition) is 3. The largest absolute Gasteiger partial charge is 0.454 e. The van der Waals surface area contributed by atoms with Crippen molar-refractivity contribution in [1.29, 1.82) is 0 Å². The molecule has 2 rings (SSSR count). The van der Waals surface area contributed by atoms with Crippen molar-refractivity contribution in [3.05, 3.63) is 23.8 Å². The number of benzene rings is 1. The maximum Gasteiger partial charge on any atom is 0.231 e. The number of ether oxygens (including phenoxy) is 2. The van der Waals surface area contributed by atoms with E-state index < -0.39 is 13.5 Å². The maximum atomic E-state index is 7.64. The first-order valence-electron chi connectivity index (χ1n) is 6.43. The van der Waals surface area contributed by atoms with Crippen LogP contribution in [-0.2, 0) is 6.42 Å². The van der Waals surface area contributed by atoms with Crippen LogP contribution in [-0.4, -0.2) is 20.3 Å². The zero-order chi connectivity index (χ0) is 13.4. The molecule has 0 radical (unpaired) electrons. The second-order valence-electron chi connectivity index (χ2n) is 2.67. The molecule has 0 saturated carbocycles. The minimum Gasteiger partial charge on any atom is -0.454 e. The molecule has 1 heterocycles. The summed E-state index contributed by atoms with van der Waals surface area (Å²) in [7, 11) is 0. The van der Waals surface area contributed by atoms with Crippen LogP contribution < -0.4 is 14.8 Å². The topological polar surface area (TPSA) is 30.5 Å². The lowest BCUT2D eigenvalue weighted by Gasteiger charge is -2.01. The van der Waals surface area contributed by atoms with Crippen molar-refractivity contribution >= 4 is 0 Å². The third-order valence-electron chi connectivity index (χ3n) is 1.82. The summed E-state index contributed by atoms with van der Waals surface area (Å²) in [5, 5.41) is 1.97. The van der Waals surface area contributed by atoms with Gasteiger partial charge in [0.2, 0.25) is 6.79 Å². The quantitative estimate of drug-likeness (QED) is 0.765. The molecule has 0 bridgehead atoms. The lowest BCUT2D eigenvalue weighted by Crippen LogP contribution is -2.10. The van der Waals surface area contributed by atoms with E-state index in [4.69, 9.17) is 16.3 Å². The van der Waals surface area contributed by atoms with Crippen LogP contribution >= 0.6 is 0 Å². The number of rotatable bonds is 3. The van der Waals surface area contributed by atoms with Gasteiger partial charge in [0.15, 0.2) is 11.5 Å². The van der Waals surface area contributed by atoms with Gasteiger partial charge in [-0.3, -0.25) is 0 Å². The Balaban J connectivity index is 2.09. The summed E-state index contributed by atoms with van der Waals surface area (Å²) in [6, 6.07) is 5.02. The smallest absolute Gasteiger partial charge is 0.231 e. The Morgan fingerprint density at radius 2 is 2.46 bits per heavy atom. The molecule has 0 unspecified atom stereocenters. The fourth-order valence-corrected chi connectivity index (χ4v) is 1.20. The van der Waals surface area contributed by atoms with Crippen molar-refractivity contribution in [2.75, 3.05) is 20.3 Å². The van der Waals surface area contributed by atoms with E-state index in [1.54, 1.807) is 18.2 Å². The predicted molar refractivity (Wildman–Crippen MR) is 50.2 cm³/mol. The van der Waals surface area contributed by atoms with E-state index in [0.29, 0.717) is 17.1 Å². The van der Waals surface area contributed by atoms with E-state index in [2.05, 4.69) is 0 Å². The Kier molecular flexibility index (Phi) is 1.22. The van der Waals surface area contributed by atoms with Gasteiger partial charge in [-0.2, -0.15) is 0 Å². The summed E-state index contributed by atoms with van der Waals surface area (Å²) >= 11 is 0. The van der Waals surface area contributed by atoms with Gasteiger partial charge in [-0.05, 0) is 37.6 Å². The van der Waals surface area contributed by atoms with Gasteiger partial charge < -0.3 is 14.8 Å². The zero-order valence-electron chi connectivity index (χ0n) is 12.0. The van der Waals surface area contributed by atoms with Gasteiger partial charge in [-0.15, -0.1) is 0 Å². The van der Waals surface area contributed by atoms with Crippen molar-refractivity contribution in [3.63, 3.8) is 0 Å². The van der Waals surface area contributed by atoms with Crippen molar-refractivity contribution in [2.24, 2.45) is 0 Å². The van der Waals surface area contributed by atoms with Gasteiger partial charge in [-0.1, -0.05) is 6.07 Å². The first kappa shape index (κ1) is 4.33. The second kappa shape index (κ2) is 3.66. The molecule has 3 nitrogen and oxygen atoms in total. The van der Waals surface area contributed by atoms with Crippen LogP contribution in [0.5, 0.6) is 11.5 Å². The van der Waals surface area contributed by atoms with E-state index in [0.717, 1.165) is 0 Å². The number of fused-ring (bicyclic) bond motifs is 1. The lowest BCUT2D eigenvalue weighted by atomic mass is 10.1. The molecule has 1 aromatic rings. The Hall–Kier alpha value is -1.22. The van der Waals surface area contributed by atoms with Crippen molar-refractivity contribution < 1.29 is 16.3 Å². The summed E-state index contributed by atoms with van der Waals surface area (Å²) in [4.78, 5) is 0. The van der Waals surface area contributed by atoms with Gasteiger partial charge in [0.1, 0.15) is 0 Å². The molecule has 1 N–H and O–H groups in total. The number of nitrogens with one attached hydrogen (secondary N) is 1. The molecule has 0 aromatic heterocycles. The van der Waals surface area contributed by atoms with Crippen molar-refractivity contribution in [3.8, 4) is 11.5 Å². The summed E-state index contributed by atoms with van der Waals surface area (Å²) < 4.78 is 46.6. The molecule has 13 heavy (non-hydrogen) atoms. The molecule has 0 saturated heterocycles. The third kappa shape index (κ3) is 1.75. The van der Waals surface area contributed by atoms with E-state index in [-0.39, 0.29) is 13.2 Å². The highest BCUT2D eigenvalue weighted by molar-refractivity contribution is 5.44. The summed E-state index contributed by atoms with van der Waals surface area (Å²) in [6.45, 7) is -4.38. The molecular weight excluding hydrogens is 166 g/mol. The third-order valence-corrected chi connectivity index (χ3v) is 1.82. The molecule has 70 valence electrons. The molecule has 1 aromatic carbocycles. The Morgan fingerprint density at radius 3 is 3.38 bits per heavy atom. The highest BCUT2D eigenvalue weighted by Gasteiger charge is 2.12. The van der Waals surface area contributed by atoms with Crippen LogP contribution in [0.15, 0.2) is 18.2 Å². The van der Waals surface area contributed by atoms with Gasteiger partial charge in [-0.25, -0.2) is 0 Å². The standard InChI is InChI=1S/C10H13NO2/c1-11-5-4-8-2-3-9-10(6-8)13-7-12-9/h2-3,6,11H,4-5,7H2,1H3/i1D3,5D2. The average molecular weight is 184 g/mol. The first-order valence-corrected chi connectivity index (χ1v) is 3.93. The molecule has 3 heteroatoms. The van der Waals surface area contributed by atoms with Gasteiger partial charge in [0.25, 0.3) is 0 Å². The molecular formula is C10H13NO2. The summed E-state index contributed by atoms with van der Waals surface area (Å²) in [6.07, 6.45) is -0.0674. The van der Waals surface area contributed by atoms with E-state index in [1.165, 1.54) is 0 Å². The predicted octanol–water partition coefficient (Wildman–Crippen LogP) is 1.18. The molecule has 0 amide bonds. The average Bonchev–Trinajstić information content (AvgIpc) is 2.59. The molecule has 1 aliphatic heterocycles. The molecule has 0 atom stereocenters. The SMILES string of the molecule is [2H]C([2H])([2H])NC([2H])([2H])Cc1ccc2c(c1)OCO2. The van der Waals surface area contributed by atoms with E-state index >= 15 is 0 Å². The Labute approximate surface area is 84.7 Å². The van der Waals surface area contributed by atoms with Crippen LogP contribution in [0.2, 0.25) is 0 Å². The minimum atomic E-state index is -2.51. The van der Waals surface area contributed by atoms with Gasteiger partial charge in [0, 0.05) is 6.85 Å². The van der Waals surface area contributed by atoms with Gasteiger partial charge >= 0.3 is 0 Å². The van der Waals surface area contributed by atoms with E-state index in [1.807, 2.05) is 5.32 Å². The molecule has 0 fully saturated rings. The number of likely N-dealkylation sites (N-methyl/N-ethyl adjacent to an activating group) is 1. The first-order chi connectivity index (χ1) is 8.25. The van der Waals surface area contributed by atoms with Crippen LogP contribution in [0.4, 0.5) is 0 Å². The van der Waals surface area contributed by atoms with Crippen molar-refractivity contribution in [1.82, 2.24) is 5.32 Å². The molecule has 1 aliphatic rings. The second-order valence-corrected chi connectivity index (χ2v) is 2.67. The highest BCUT2D eigenvalue weighted by atomic mass is 16.7. The Bertz CT molecular complexity index is 446. The lowest BCUT2D eigenvalue weighted by molar-refractivity contribution is 0.174. The number of hydrogen-bond donors (Lipinski definition) is 1. The summed E-state index contributed by atoms with van der Waals surface area (Å²) in [5.41, 5.74) is 0.640.